The summed E-state index contributed by atoms with van der Waals surface area (Å²) in [4.78, 5) is 4.19. The minimum atomic E-state index is 0.750. The predicted octanol–water partition coefficient (Wildman–Crippen LogP) is 1.08. The summed E-state index contributed by atoms with van der Waals surface area (Å²) in [6.45, 7) is 4.76. The number of nitrogens with one attached hydrogen (secondary N) is 1. The lowest BCUT2D eigenvalue weighted by atomic mass is 10.1. The number of rotatable bonds is 6. The van der Waals surface area contributed by atoms with Gasteiger partial charge < -0.3 is 11.1 Å². The molecule has 0 saturated carbocycles. The Morgan fingerprint density at radius 3 is 2.86 bits per heavy atom. The molecule has 0 spiro atoms. The normalized spacial score (nSPS) is 10.4. The molecule has 0 aliphatic rings. The second-order valence-electron chi connectivity index (χ2n) is 3.37. The van der Waals surface area contributed by atoms with Crippen molar-refractivity contribution in [2.24, 2.45) is 5.73 Å². The minimum Gasteiger partial charge on any atom is -0.330 e. The SMILES string of the molecule is CCc1cncc(CNCCCN)c1. The Bertz CT molecular complexity index is 260. The average molecular weight is 193 g/mol. The fraction of sp³-hybridized carbons (Fsp3) is 0.545. The van der Waals surface area contributed by atoms with E-state index in [1.54, 1.807) is 0 Å². The topological polar surface area (TPSA) is 50.9 Å². The smallest absolute Gasteiger partial charge is 0.0313 e. The van der Waals surface area contributed by atoms with Gasteiger partial charge in [-0.2, -0.15) is 0 Å². The Labute approximate surface area is 85.7 Å². The lowest BCUT2D eigenvalue weighted by Crippen LogP contribution is -2.17. The monoisotopic (exact) mass is 193 g/mol. The van der Waals surface area contributed by atoms with Crippen molar-refractivity contribution < 1.29 is 0 Å². The van der Waals surface area contributed by atoms with E-state index in [0.29, 0.717) is 0 Å². The van der Waals surface area contributed by atoms with Gasteiger partial charge in [-0.25, -0.2) is 0 Å². The first-order valence-electron chi connectivity index (χ1n) is 5.20. The summed E-state index contributed by atoms with van der Waals surface area (Å²) >= 11 is 0. The zero-order valence-corrected chi connectivity index (χ0v) is 8.79. The summed E-state index contributed by atoms with van der Waals surface area (Å²) in [7, 11) is 0. The minimum absolute atomic E-state index is 0.750. The highest BCUT2D eigenvalue weighted by Gasteiger charge is 1.94. The second-order valence-corrected chi connectivity index (χ2v) is 3.37. The lowest BCUT2D eigenvalue weighted by Gasteiger charge is -2.04. The molecule has 1 heterocycles. The van der Waals surface area contributed by atoms with Crippen molar-refractivity contribution in [3.05, 3.63) is 29.6 Å². The Hall–Kier alpha value is -0.930. The van der Waals surface area contributed by atoms with Crippen LogP contribution in [0.2, 0.25) is 0 Å². The van der Waals surface area contributed by atoms with Crippen molar-refractivity contribution in [2.45, 2.75) is 26.3 Å². The molecule has 0 aliphatic heterocycles. The van der Waals surface area contributed by atoms with Crippen LogP contribution in [0.5, 0.6) is 0 Å². The molecule has 1 aromatic heterocycles. The summed E-state index contributed by atoms with van der Waals surface area (Å²) in [5.41, 5.74) is 7.95. The highest BCUT2D eigenvalue weighted by molar-refractivity contribution is 5.17. The first-order chi connectivity index (χ1) is 6.86. The zero-order valence-electron chi connectivity index (χ0n) is 8.79. The van der Waals surface area contributed by atoms with Crippen LogP contribution in [-0.2, 0) is 13.0 Å². The standard InChI is InChI=1S/C11H19N3/c1-2-10-6-11(9-14-7-10)8-13-5-3-4-12/h6-7,9,13H,2-5,8,12H2,1H3. The van der Waals surface area contributed by atoms with Gasteiger partial charge in [0.1, 0.15) is 0 Å². The molecule has 0 fully saturated rings. The molecule has 3 nitrogen and oxygen atoms in total. The largest absolute Gasteiger partial charge is 0.330 e. The summed E-state index contributed by atoms with van der Waals surface area (Å²) in [6, 6.07) is 2.20. The molecule has 3 N–H and O–H groups in total. The van der Waals surface area contributed by atoms with Crippen molar-refractivity contribution in [3.8, 4) is 0 Å². The summed E-state index contributed by atoms with van der Waals surface area (Å²) in [6.07, 6.45) is 5.91. The van der Waals surface area contributed by atoms with Gasteiger partial charge in [0.15, 0.2) is 0 Å². The summed E-state index contributed by atoms with van der Waals surface area (Å²) in [5.74, 6) is 0. The summed E-state index contributed by atoms with van der Waals surface area (Å²) < 4.78 is 0. The molecule has 1 rings (SSSR count). The van der Waals surface area contributed by atoms with E-state index in [-0.39, 0.29) is 0 Å². The van der Waals surface area contributed by atoms with Crippen LogP contribution in [-0.4, -0.2) is 18.1 Å². The number of hydrogen-bond donors (Lipinski definition) is 2. The Kier molecular flexibility index (Phi) is 5.19. The van der Waals surface area contributed by atoms with Gasteiger partial charge in [0, 0.05) is 18.9 Å². The maximum Gasteiger partial charge on any atom is 0.0313 e. The molecule has 0 atom stereocenters. The van der Waals surface area contributed by atoms with Crippen LogP contribution in [0.1, 0.15) is 24.5 Å². The number of aryl methyl sites for hydroxylation is 1. The maximum atomic E-state index is 5.40. The van der Waals surface area contributed by atoms with Crippen molar-refractivity contribution in [1.82, 2.24) is 10.3 Å². The number of nitrogens with two attached hydrogens (primary N) is 1. The highest BCUT2D eigenvalue weighted by Crippen LogP contribution is 2.02. The van der Waals surface area contributed by atoms with Gasteiger partial charge >= 0.3 is 0 Å². The Morgan fingerprint density at radius 2 is 2.14 bits per heavy atom. The fourth-order valence-electron chi connectivity index (χ4n) is 1.29. The Morgan fingerprint density at radius 1 is 1.36 bits per heavy atom. The van der Waals surface area contributed by atoms with Gasteiger partial charge in [0.25, 0.3) is 0 Å². The molecule has 3 heteroatoms. The third kappa shape index (κ3) is 3.85. The van der Waals surface area contributed by atoms with Crippen LogP contribution in [0.25, 0.3) is 0 Å². The van der Waals surface area contributed by atoms with Crippen molar-refractivity contribution in [2.75, 3.05) is 13.1 Å². The first-order valence-corrected chi connectivity index (χ1v) is 5.20. The van der Waals surface area contributed by atoms with E-state index in [9.17, 15) is 0 Å². The molecule has 0 aromatic carbocycles. The molecule has 0 unspecified atom stereocenters. The molecule has 78 valence electrons. The number of nitrogens with zero attached hydrogens (tertiary/aromatic N) is 1. The highest BCUT2D eigenvalue weighted by atomic mass is 14.9. The van der Waals surface area contributed by atoms with Crippen LogP contribution in [0, 0.1) is 0 Å². The van der Waals surface area contributed by atoms with Crippen LogP contribution in [0.15, 0.2) is 18.5 Å². The molecular weight excluding hydrogens is 174 g/mol. The van der Waals surface area contributed by atoms with E-state index in [1.807, 2.05) is 12.4 Å². The van der Waals surface area contributed by atoms with E-state index < -0.39 is 0 Å². The van der Waals surface area contributed by atoms with Gasteiger partial charge in [0.05, 0.1) is 0 Å². The third-order valence-corrected chi connectivity index (χ3v) is 2.15. The Balaban J connectivity index is 2.34. The number of pyridine rings is 1. The predicted molar refractivity (Wildman–Crippen MR) is 59.0 cm³/mol. The van der Waals surface area contributed by atoms with E-state index in [2.05, 4.69) is 23.3 Å². The van der Waals surface area contributed by atoms with Crippen molar-refractivity contribution >= 4 is 0 Å². The van der Waals surface area contributed by atoms with Gasteiger partial charge in [0.2, 0.25) is 0 Å². The lowest BCUT2D eigenvalue weighted by molar-refractivity contribution is 0.653. The van der Waals surface area contributed by atoms with E-state index in [1.165, 1.54) is 11.1 Å². The van der Waals surface area contributed by atoms with Gasteiger partial charge in [-0.05, 0) is 37.1 Å². The average Bonchev–Trinajstić information content (AvgIpc) is 2.25. The molecule has 1 aromatic rings. The van der Waals surface area contributed by atoms with Gasteiger partial charge in [-0.1, -0.05) is 13.0 Å². The number of aromatic nitrogens is 1. The molecular formula is C11H19N3. The summed E-state index contributed by atoms with van der Waals surface area (Å²) in [5, 5.41) is 3.33. The van der Waals surface area contributed by atoms with Crippen LogP contribution >= 0.6 is 0 Å². The van der Waals surface area contributed by atoms with E-state index in [4.69, 9.17) is 5.73 Å². The van der Waals surface area contributed by atoms with Crippen molar-refractivity contribution in [3.63, 3.8) is 0 Å². The third-order valence-electron chi connectivity index (χ3n) is 2.15. The maximum absolute atomic E-state index is 5.40. The molecule has 0 bridgehead atoms. The molecule has 14 heavy (non-hydrogen) atoms. The molecule has 0 amide bonds. The molecule has 0 radical (unpaired) electrons. The zero-order chi connectivity index (χ0) is 10.2. The van der Waals surface area contributed by atoms with E-state index in [0.717, 1.165) is 32.5 Å². The van der Waals surface area contributed by atoms with Crippen molar-refractivity contribution in [1.29, 1.82) is 0 Å². The van der Waals surface area contributed by atoms with Crippen LogP contribution in [0.3, 0.4) is 0 Å². The second kappa shape index (κ2) is 6.51. The molecule has 0 saturated heterocycles. The molecule has 0 aliphatic carbocycles. The quantitative estimate of drug-likeness (QED) is 0.665. The first kappa shape index (κ1) is 11.1. The fourth-order valence-corrected chi connectivity index (χ4v) is 1.29. The van der Waals surface area contributed by atoms with Gasteiger partial charge in [-0.15, -0.1) is 0 Å². The van der Waals surface area contributed by atoms with Gasteiger partial charge in [-0.3, -0.25) is 4.98 Å². The van der Waals surface area contributed by atoms with Crippen LogP contribution in [0.4, 0.5) is 0 Å². The van der Waals surface area contributed by atoms with Crippen LogP contribution < -0.4 is 11.1 Å². The van der Waals surface area contributed by atoms with E-state index >= 15 is 0 Å². The number of hydrogen-bond acceptors (Lipinski definition) is 3.